The van der Waals surface area contributed by atoms with Gasteiger partial charge in [0.2, 0.25) is 10.0 Å². The summed E-state index contributed by atoms with van der Waals surface area (Å²) < 4.78 is 30.8. The lowest BCUT2D eigenvalue weighted by atomic mass is 9.74. The second kappa shape index (κ2) is 8.21. The molecule has 0 aliphatic carbocycles. The van der Waals surface area contributed by atoms with Crippen molar-refractivity contribution in [3.63, 3.8) is 0 Å². The summed E-state index contributed by atoms with van der Waals surface area (Å²) in [6.45, 7) is 2.22. The molecule has 0 saturated carbocycles. The molecule has 0 spiro atoms. The van der Waals surface area contributed by atoms with Gasteiger partial charge in [0, 0.05) is 42.3 Å². The van der Waals surface area contributed by atoms with E-state index in [0.29, 0.717) is 49.0 Å². The summed E-state index contributed by atoms with van der Waals surface area (Å²) in [7, 11) is -3.30. The van der Waals surface area contributed by atoms with Crippen molar-refractivity contribution in [2.75, 3.05) is 36.9 Å². The topological polar surface area (TPSA) is 75.7 Å². The first-order valence-corrected chi connectivity index (χ1v) is 12.2. The Hall–Kier alpha value is -2.09. The van der Waals surface area contributed by atoms with E-state index >= 15 is 0 Å². The number of hydrogen-bond donors (Lipinski definition) is 1. The highest BCUT2D eigenvalue weighted by Gasteiger charge is 2.35. The normalized spacial score (nSPS) is 18.1. The van der Waals surface area contributed by atoms with Gasteiger partial charge in [0.05, 0.1) is 11.9 Å². The van der Waals surface area contributed by atoms with E-state index in [-0.39, 0.29) is 11.3 Å². The molecule has 2 aliphatic heterocycles. The molecule has 0 aromatic heterocycles. The Kier molecular flexibility index (Phi) is 5.79. The molecule has 1 amide bonds. The standard InChI is InChI=1S/C22H25ClN2O4S/c1-30(27,28)25-11-8-16-14-17(2-7-20(16)25)21(26)24-15-22(9-12-29-13-10-22)18-3-5-19(23)6-4-18/h2-7,14H,8-13,15H2,1H3,(H,24,26). The maximum Gasteiger partial charge on any atom is 0.251 e. The zero-order valence-corrected chi connectivity index (χ0v) is 18.4. The molecular weight excluding hydrogens is 424 g/mol. The number of amides is 1. The van der Waals surface area contributed by atoms with Gasteiger partial charge in [0.1, 0.15) is 0 Å². The lowest BCUT2D eigenvalue weighted by molar-refractivity contribution is 0.0487. The van der Waals surface area contributed by atoms with Crippen LogP contribution in [0.4, 0.5) is 5.69 Å². The van der Waals surface area contributed by atoms with Crippen LogP contribution in [0, 0.1) is 0 Å². The number of carbonyl (C=O) groups is 1. The van der Waals surface area contributed by atoms with Crippen LogP contribution in [0.3, 0.4) is 0 Å². The van der Waals surface area contributed by atoms with Crippen LogP contribution in [-0.4, -0.2) is 46.9 Å². The quantitative estimate of drug-likeness (QED) is 0.762. The van der Waals surface area contributed by atoms with E-state index in [1.165, 1.54) is 10.6 Å². The number of carbonyl (C=O) groups excluding carboxylic acids is 1. The molecule has 0 unspecified atom stereocenters. The summed E-state index contributed by atoms with van der Waals surface area (Å²) in [6.07, 6.45) is 3.45. The van der Waals surface area contributed by atoms with Crippen LogP contribution in [0.1, 0.15) is 34.3 Å². The largest absolute Gasteiger partial charge is 0.381 e. The summed E-state index contributed by atoms with van der Waals surface area (Å²) in [4.78, 5) is 12.9. The molecule has 2 aromatic carbocycles. The summed E-state index contributed by atoms with van der Waals surface area (Å²) >= 11 is 6.05. The van der Waals surface area contributed by atoms with Crippen molar-refractivity contribution in [3.05, 3.63) is 64.2 Å². The highest BCUT2D eigenvalue weighted by atomic mass is 35.5. The van der Waals surface area contributed by atoms with E-state index in [1.807, 2.05) is 24.3 Å². The first-order valence-electron chi connectivity index (χ1n) is 10.0. The van der Waals surface area contributed by atoms with Crippen molar-refractivity contribution in [3.8, 4) is 0 Å². The Morgan fingerprint density at radius 1 is 1.17 bits per heavy atom. The van der Waals surface area contributed by atoms with Gasteiger partial charge in [-0.1, -0.05) is 23.7 Å². The molecule has 1 fully saturated rings. The van der Waals surface area contributed by atoms with Crippen LogP contribution in [-0.2, 0) is 26.6 Å². The first-order chi connectivity index (χ1) is 14.3. The number of rotatable bonds is 5. The highest BCUT2D eigenvalue weighted by molar-refractivity contribution is 7.92. The predicted octanol–water partition coefficient (Wildman–Crippen LogP) is 3.14. The second-order valence-electron chi connectivity index (χ2n) is 8.01. The van der Waals surface area contributed by atoms with E-state index in [4.69, 9.17) is 16.3 Å². The van der Waals surface area contributed by atoms with Gasteiger partial charge < -0.3 is 10.1 Å². The number of fused-ring (bicyclic) bond motifs is 1. The van der Waals surface area contributed by atoms with E-state index in [2.05, 4.69) is 5.32 Å². The molecular formula is C22H25ClN2O4S. The fourth-order valence-corrected chi connectivity index (χ4v) is 5.43. The van der Waals surface area contributed by atoms with Crippen molar-refractivity contribution >= 4 is 33.2 Å². The maximum absolute atomic E-state index is 12.9. The minimum Gasteiger partial charge on any atom is -0.381 e. The molecule has 2 heterocycles. The minimum absolute atomic E-state index is 0.157. The van der Waals surface area contributed by atoms with Gasteiger partial charge >= 0.3 is 0 Å². The Balaban J connectivity index is 1.51. The third kappa shape index (κ3) is 4.19. The molecule has 2 aliphatic rings. The molecule has 0 radical (unpaired) electrons. The van der Waals surface area contributed by atoms with E-state index in [9.17, 15) is 13.2 Å². The smallest absolute Gasteiger partial charge is 0.251 e. The minimum atomic E-state index is -3.30. The number of halogens is 1. The van der Waals surface area contributed by atoms with Crippen LogP contribution >= 0.6 is 11.6 Å². The molecule has 4 rings (SSSR count). The SMILES string of the molecule is CS(=O)(=O)N1CCc2cc(C(=O)NCC3(c4ccc(Cl)cc4)CCOCC3)ccc21. The number of nitrogens with zero attached hydrogens (tertiary/aromatic N) is 1. The number of sulfonamides is 1. The van der Waals surface area contributed by atoms with Crippen molar-refractivity contribution < 1.29 is 17.9 Å². The first kappa shape index (κ1) is 21.2. The van der Waals surface area contributed by atoms with Crippen LogP contribution in [0.2, 0.25) is 5.02 Å². The van der Waals surface area contributed by atoms with Crippen molar-refractivity contribution in [1.29, 1.82) is 0 Å². The van der Waals surface area contributed by atoms with Crippen LogP contribution in [0.15, 0.2) is 42.5 Å². The molecule has 0 atom stereocenters. The fourth-order valence-electron chi connectivity index (χ4n) is 4.34. The monoisotopic (exact) mass is 448 g/mol. The molecule has 1 saturated heterocycles. The van der Waals surface area contributed by atoms with Gasteiger partial charge in [-0.2, -0.15) is 0 Å². The average molecular weight is 449 g/mol. The third-order valence-corrected chi connectivity index (χ3v) is 7.52. The lowest BCUT2D eigenvalue weighted by Gasteiger charge is -2.38. The van der Waals surface area contributed by atoms with Crippen molar-refractivity contribution in [2.24, 2.45) is 0 Å². The van der Waals surface area contributed by atoms with E-state index in [1.54, 1.807) is 18.2 Å². The summed E-state index contributed by atoms with van der Waals surface area (Å²) in [5, 5.41) is 3.78. The number of benzene rings is 2. The van der Waals surface area contributed by atoms with Gasteiger partial charge in [0.25, 0.3) is 5.91 Å². The van der Waals surface area contributed by atoms with Gasteiger partial charge in [0.15, 0.2) is 0 Å². The molecule has 0 bridgehead atoms. The van der Waals surface area contributed by atoms with Gasteiger partial charge in [-0.15, -0.1) is 0 Å². The number of ether oxygens (including phenoxy) is 1. The zero-order chi connectivity index (χ0) is 21.4. The molecule has 6 nitrogen and oxygen atoms in total. The van der Waals surface area contributed by atoms with E-state index in [0.717, 1.165) is 24.0 Å². The van der Waals surface area contributed by atoms with Crippen molar-refractivity contribution in [2.45, 2.75) is 24.7 Å². The molecule has 160 valence electrons. The Bertz CT molecular complexity index is 1050. The van der Waals surface area contributed by atoms with Gasteiger partial charge in [-0.25, -0.2) is 8.42 Å². The fraction of sp³-hybridized carbons (Fsp3) is 0.409. The summed E-state index contributed by atoms with van der Waals surface area (Å²) in [5.41, 5.74) is 3.04. The van der Waals surface area contributed by atoms with Crippen LogP contribution < -0.4 is 9.62 Å². The molecule has 30 heavy (non-hydrogen) atoms. The molecule has 2 aromatic rings. The van der Waals surface area contributed by atoms with Crippen LogP contribution in [0.25, 0.3) is 0 Å². The van der Waals surface area contributed by atoms with E-state index < -0.39 is 10.0 Å². The van der Waals surface area contributed by atoms with Gasteiger partial charge in [-0.3, -0.25) is 9.10 Å². The summed E-state index contributed by atoms with van der Waals surface area (Å²) in [5.74, 6) is -0.157. The highest BCUT2D eigenvalue weighted by Crippen LogP contribution is 2.35. The predicted molar refractivity (Wildman–Crippen MR) is 118 cm³/mol. The Labute approximate surface area is 182 Å². The summed E-state index contributed by atoms with van der Waals surface area (Å²) in [6, 6.07) is 13.0. The molecule has 8 heteroatoms. The van der Waals surface area contributed by atoms with Gasteiger partial charge in [-0.05, 0) is 60.7 Å². The third-order valence-electron chi connectivity index (χ3n) is 6.09. The van der Waals surface area contributed by atoms with Crippen LogP contribution in [0.5, 0.6) is 0 Å². The number of nitrogens with one attached hydrogen (secondary N) is 1. The lowest BCUT2D eigenvalue weighted by Crippen LogP contribution is -2.44. The second-order valence-corrected chi connectivity index (χ2v) is 10.4. The Morgan fingerprint density at radius 3 is 2.53 bits per heavy atom. The number of hydrogen-bond acceptors (Lipinski definition) is 4. The average Bonchev–Trinajstić information content (AvgIpc) is 3.17. The number of anilines is 1. The maximum atomic E-state index is 12.9. The Morgan fingerprint density at radius 2 is 1.87 bits per heavy atom. The zero-order valence-electron chi connectivity index (χ0n) is 16.9. The molecule has 1 N–H and O–H groups in total. The van der Waals surface area contributed by atoms with Crippen molar-refractivity contribution in [1.82, 2.24) is 5.32 Å².